The fraction of sp³-hybridized carbons (Fsp3) is 0.250. The minimum Gasteiger partial charge on any atom is -0.294 e. The van der Waals surface area contributed by atoms with Crippen LogP contribution in [0.1, 0.15) is 18.4 Å². The molecule has 0 aliphatic heterocycles. The van der Waals surface area contributed by atoms with Crippen LogP contribution in [-0.2, 0) is 4.79 Å². The van der Waals surface area contributed by atoms with E-state index in [1.807, 2.05) is 0 Å². The lowest BCUT2D eigenvalue weighted by molar-refractivity contribution is -0.141. The Hall–Kier alpha value is -1.58. The molecular weight excluding hydrogens is 217 g/mol. The van der Waals surface area contributed by atoms with Gasteiger partial charge in [0.15, 0.2) is 5.78 Å². The van der Waals surface area contributed by atoms with Crippen LogP contribution in [0.2, 0.25) is 0 Å². The van der Waals surface area contributed by atoms with Crippen molar-refractivity contribution in [1.29, 1.82) is 0 Å². The molecule has 0 N–H and O–H groups in total. The lowest BCUT2D eigenvalue weighted by Crippen LogP contribution is -2.11. The lowest BCUT2D eigenvalue weighted by atomic mass is 10.0. The molecule has 0 atom stereocenters. The third-order valence-corrected chi connectivity index (χ3v) is 2.09. The van der Waals surface area contributed by atoms with Crippen molar-refractivity contribution in [2.45, 2.75) is 19.0 Å². The van der Waals surface area contributed by atoms with Gasteiger partial charge in [0.05, 0.1) is 6.42 Å². The molecule has 0 spiro atoms. The minimum absolute atomic E-state index is 0.129. The van der Waals surface area contributed by atoms with Crippen molar-refractivity contribution in [3.05, 3.63) is 42.5 Å². The number of rotatable bonds is 4. The fourth-order valence-electron chi connectivity index (χ4n) is 1.21. The zero-order chi connectivity index (χ0) is 12.2. The number of alkyl halides is 3. The van der Waals surface area contributed by atoms with Gasteiger partial charge in [-0.1, -0.05) is 36.9 Å². The molecule has 1 rings (SSSR count). The van der Waals surface area contributed by atoms with E-state index in [0.717, 1.165) is 0 Å². The molecule has 16 heavy (non-hydrogen) atoms. The van der Waals surface area contributed by atoms with Gasteiger partial charge in [-0.2, -0.15) is 13.2 Å². The van der Waals surface area contributed by atoms with Crippen molar-refractivity contribution in [3.8, 4) is 0 Å². The normalized spacial score (nSPS) is 11.2. The average Bonchev–Trinajstić information content (AvgIpc) is 2.25. The quantitative estimate of drug-likeness (QED) is 0.719. The molecule has 1 nitrogen and oxygen atoms in total. The van der Waals surface area contributed by atoms with Crippen LogP contribution in [0.3, 0.4) is 0 Å². The van der Waals surface area contributed by atoms with E-state index < -0.39 is 24.8 Å². The molecule has 0 bridgehead atoms. The van der Waals surface area contributed by atoms with Crippen molar-refractivity contribution in [1.82, 2.24) is 0 Å². The first-order valence-electron chi connectivity index (χ1n) is 4.74. The summed E-state index contributed by atoms with van der Waals surface area (Å²) in [7, 11) is 0. The number of benzene rings is 1. The predicted molar refractivity (Wildman–Crippen MR) is 55.8 cm³/mol. The zero-order valence-corrected chi connectivity index (χ0v) is 8.55. The van der Waals surface area contributed by atoms with Gasteiger partial charge >= 0.3 is 6.18 Å². The second kappa shape index (κ2) is 4.96. The first kappa shape index (κ1) is 12.5. The molecule has 1 aromatic rings. The number of ketones is 1. The van der Waals surface area contributed by atoms with Gasteiger partial charge in [-0.15, -0.1) is 0 Å². The number of Topliss-reactive ketones (excluding diaryl/α,β-unsaturated/α-hetero) is 1. The molecule has 0 fully saturated rings. The van der Waals surface area contributed by atoms with Crippen LogP contribution in [0, 0.1) is 0 Å². The van der Waals surface area contributed by atoms with E-state index in [1.165, 1.54) is 0 Å². The molecule has 0 unspecified atom stereocenters. The van der Waals surface area contributed by atoms with Crippen molar-refractivity contribution < 1.29 is 18.0 Å². The largest absolute Gasteiger partial charge is 0.389 e. The van der Waals surface area contributed by atoms with Gasteiger partial charge < -0.3 is 0 Å². The van der Waals surface area contributed by atoms with E-state index in [4.69, 9.17) is 0 Å². The SMILES string of the molecule is C=C(C(=O)CCC(F)(F)F)c1ccccc1. The van der Waals surface area contributed by atoms with Crippen LogP contribution in [0.5, 0.6) is 0 Å². The van der Waals surface area contributed by atoms with Crippen LogP contribution < -0.4 is 0 Å². The third-order valence-electron chi connectivity index (χ3n) is 2.09. The lowest BCUT2D eigenvalue weighted by Gasteiger charge is -2.07. The Kier molecular flexibility index (Phi) is 3.88. The molecule has 0 aliphatic carbocycles. The van der Waals surface area contributed by atoms with E-state index in [-0.39, 0.29) is 5.57 Å². The molecule has 0 amide bonds. The monoisotopic (exact) mass is 228 g/mol. The summed E-state index contributed by atoms with van der Waals surface area (Å²) in [6.07, 6.45) is -5.94. The topological polar surface area (TPSA) is 17.1 Å². The highest BCUT2D eigenvalue weighted by atomic mass is 19.4. The Morgan fingerprint density at radius 1 is 1.19 bits per heavy atom. The molecule has 86 valence electrons. The van der Waals surface area contributed by atoms with Crippen LogP contribution in [0.25, 0.3) is 5.57 Å². The summed E-state index contributed by atoms with van der Waals surface area (Å²) in [6.45, 7) is 3.51. The summed E-state index contributed by atoms with van der Waals surface area (Å²) < 4.78 is 35.7. The predicted octanol–water partition coefficient (Wildman–Crippen LogP) is 3.61. The van der Waals surface area contributed by atoms with Gasteiger partial charge in [-0.25, -0.2) is 0 Å². The first-order valence-corrected chi connectivity index (χ1v) is 4.74. The number of hydrogen-bond donors (Lipinski definition) is 0. The molecule has 0 saturated carbocycles. The first-order chi connectivity index (χ1) is 7.40. The molecule has 0 saturated heterocycles. The maximum absolute atomic E-state index is 11.9. The summed E-state index contributed by atoms with van der Waals surface area (Å²) in [5.74, 6) is -0.566. The standard InChI is InChI=1S/C12H11F3O/c1-9(10-5-3-2-4-6-10)11(16)7-8-12(13,14)15/h2-6H,1,7-8H2. The molecular formula is C12H11F3O. The number of carbonyl (C=O) groups excluding carboxylic acids is 1. The Bertz CT molecular complexity index is 379. The molecule has 0 radical (unpaired) electrons. The summed E-state index contributed by atoms with van der Waals surface area (Å²) in [4.78, 5) is 11.4. The van der Waals surface area contributed by atoms with Gasteiger partial charge in [0.25, 0.3) is 0 Å². The molecule has 4 heteroatoms. The summed E-state index contributed by atoms with van der Waals surface area (Å²) in [5, 5.41) is 0. The fourth-order valence-corrected chi connectivity index (χ4v) is 1.21. The molecule has 0 heterocycles. The number of carbonyl (C=O) groups is 1. The second-order valence-corrected chi connectivity index (χ2v) is 3.38. The van der Waals surface area contributed by atoms with E-state index in [2.05, 4.69) is 6.58 Å². The molecule has 1 aromatic carbocycles. The third kappa shape index (κ3) is 3.88. The minimum atomic E-state index is -4.30. The van der Waals surface area contributed by atoms with Gasteiger partial charge in [0.2, 0.25) is 0 Å². The average molecular weight is 228 g/mol. The Morgan fingerprint density at radius 2 is 1.75 bits per heavy atom. The summed E-state index contributed by atoms with van der Waals surface area (Å²) >= 11 is 0. The smallest absolute Gasteiger partial charge is 0.294 e. The number of hydrogen-bond acceptors (Lipinski definition) is 1. The summed E-state index contributed by atoms with van der Waals surface area (Å²) in [5.41, 5.74) is 0.694. The Morgan fingerprint density at radius 3 is 2.25 bits per heavy atom. The van der Waals surface area contributed by atoms with Crippen molar-refractivity contribution in [2.24, 2.45) is 0 Å². The highest BCUT2D eigenvalue weighted by Gasteiger charge is 2.28. The van der Waals surface area contributed by atoms with E-state index in [9.17, 15) is 18.0 Å². The van der Waals surface area contributed by atoms with Crippen LogP contribution in [0.4, 0.5) is 13.2 Å². The molecule has 0 aliphatic rings. The Balaban J connectivity index is 2.59. The van der Waals surface area contributed by atoms with Crippen LogP contribution >= 0.6 is 0 Å². The van der Waals surface area contributed by atoms with Crippen molar-refractivity contribution >= 4 is 11.4 Å². The van der Waals surface area contributed by atoms with Gasteiger partial charge in [0.1, 0.15) is 0 Å². The molecule has 0 aromatic heterocycles. The van der Waals surface area contributed by atoms with Crippen LogP contribution in [0.15, 0.2) is 36.9 Å². The summed E-state index contributed by atoms with van der Waals surface area (Å²) in [6, 6.07) is 8.47. The number of allylic oxidation sites excluding steroid dienone is 1. The van der Waals surface area contributed by atoms with Gasteiger partial charge in [-0.3, -0.25) is 4.79 Å². The van der Waals surface area contributed by atoms with E-state index >= 15 is 0 Å². The maximum Gasteiger partial charge on any atom is 0.389 e. The second-order valence-electron chi connectivity index (χ2n) is 3.38. The van der Waals surface area contributed by atoms with E-state index in [0.29, 0.717) is 5.56 Å². The highest BCUT2D eigenvalue weighted by Crippen LogP contribution is 2.24. The van der Waals surface area contributed by atoms with Gasteiger partial charge in [-0.05, 0) is 5.56 Å². The van der Waals surface area contributed by atoms with Crippen molar-refractivity contribution in [2.75, 3.05) is 0 Å². The highest BCUT2D eigenvalue weighted by molar-refractivity contribution is 6.19. The number of halogens is 3. The van der Waals surface area contributed by atoms with E-state index in [1.54, 1.807) is 30.3 Å². The van der Waals surface area contributed by atoms with Crippen LogP contribution in [-0.4, -0.2) is 12.0 Å². The maximum atomic E-state index is 11.9. The Labute approximate surface area is 91.6 Å². The van der Waals surface area contributed by atoms with Crippen molar-refractivity contribution in [3.63, 3.8) is 0 Å². The zero-order valence-electron chi connectivity index (χ0n) is 8.55. The van der Waals surface area contributed by atoms with Gasteiger partial charge in [0, 0.05) is 12.0 Å².